The van der Waals surface area contributed by atoms with Gasteiger partial charge in [0.25, 0.3) is 0 Å². The summed E-state index contributed by atoms with van der Waals surface area (Å²) >= 11 is 0. The third-order valence-electron chi connectivity index (χ3n) is 6.83. The van der Waals surface area contributed by atoms with Crippen LogP contribution >= 0.6 is 0 Å². The van der Waals surface area contributed by atoms with Crippen molar-refractivity contribution in [2.75, 3.05) is 0 Å². The van der Waals surface area contributed by atoms with Crippen LogP contribution in [-0.2, 0) is 12.8 Å². The van der Waals surface area contributed by atoms with Crippen molar-refractivity contribution >= 4 is 0 Å². The van der Waals surface area contributed by atoms with Crippen LogP contribution in [0, 0.1) is 35.1 Å². The van der Waals surface area contributed by atoms with Crippen LogP contribution in [0.5, 0.6) is 11.5 Å². The van der Waals surface area contributed by atoms with Gasteiger partial charge in [0.1, 0.15) is 17.4 Å². The van der Waals surface area contributed by atoms with Crippen LogP contribution in [-0.4, -0.2) is 12.5 Å². The highest BCUT2D eigenvalue weighted by atomic mass is 19.4. The van der Waals surface area contributed by atoms with Crippen molar-refractivity contribution in [2.45, 2.75) is 83.6 Å². The molecule has 2 aromatic rings. The van der Waals surface area contributed by atoms with Gasteiger partial charge in [0.15, 0.2) is 11.6 Å². The second-order valence-electron chi connectivity index (χ2n) is 9.76. The molecule has 0 aliphatic heterocycles. The maximum Gasteiger partial charge on any atom is 0.573 e. The molecule has 0 heterocycles. The molecule has 0 aromatic heterocycles. The second kappa shape index (κ2) is 12.5. The Labute approximate surface area is 215 Å². The molecule has 0 unspecified atom stereocenters. The van der Waals surface area contributed by atoms with Crippen molar-refractivity contribution in [1.82, 2.24) is 0 Å². The summed E-state index contributed by atoms with van der Waals surface area (Å²) in [5.41, 5.74) is -0.169. The maximum absolute atomic E-state index is 14.6. The summed E-state index contributed by atoms with van der Waals surface area (Å²) in [6, 6.07) is 2.41. The average molecular weight is 557 g/mol. The SMILES string of the molecule is CCCC1CCC(CCc2cc(F)c(CCC(F)(F)Oc3cc(F)c(OC(F)(F)F)c(F)c3)c(F)c2)CC1. The van der Waals surface area contributed by atoms with Gasteiger partial charge in [-0.1, -0.05) is 45.4 Å². The van der Waals surface area contributed by atoms with E-state index in [9.17, 15) is 39.5 Å². The summed E-state index contributed by atoms with van der Waals surface area (Å²) in [5, 5.41) is 0. The molecule has 0 radical (unpaired) electrons. The zero-order valence-electron chi connectivity index (χ0n) is 20.8. The Kier molecular flexibility index (Phi) is 9.86. The third-order valence-corrected chi connectivity index (χ3v) is 6.83. The highest BCUT2D eigenvalue weighted by Gasteiger charge is 2.36. The Hall–Kier alpha value is -2.59. The molecule has 2 nitrogen and oxygen atoms in total. The van der Waals surface area contributed by atoms with Gasteiger partial charge in [-0.3, -0.25) is 0 Å². The molecule has 0 atom stereocenters. The van der Waals surface area contributed by atoms with Crippen LogP contribution < -0.4 is 9.47 Å². The molecule has 3 rings (SSSR count). The molecule has 0 spiro atoms. The number of hydrogen-bond acceptors (Lipinski definition) is 2. The minimum Gasteiger partial charge on any atom is -0.432 e. The lowest BCUT2D eigenvalue weighted by molar-refractivity contribution is -0.276. The molecule has 1 aliphatic rings. The van der Waals surface area contributed by atoms with Crippen LogP contribution in [0.2, 0.25) is 0 Å². The lowest BCUT2D eigenvalue weighted by Gasteiger charge is -2.28. The van der Waals surface area contributed by atoms with Gasteiger partial charge in [0, 0.05) is 17.7 Å². The fourth-order valence-electron chi connectivity index (χ4n) is 4.93. The quantitative estimate of drug-likeness (QED) is 0.257. The van der Waals surface area contributed by atoms with Crippen molar-refractivity contribution in [2.24, 2.45) is 11.8 Å². The Morgan fingerprint density at radius 1 is 0.711 bits per heavy atom. The molecule has 0 amide bonds. The first-order valence-corrected chi connectivity index (χ1v) is 12.5. The fourth-order valence-corrected chi connectivity index (χ4v) is 4.93. The molecule has 11 heteroatoms. The van der Waals surface area contributed by atoms with Crippen LogP contribution in [0.4, 0.5) is 39.5 Å². The Morgan fingerprint density at radius 2 is 1.24 bits per heavy atom. The number of halogens is 9. The summed E-state index contributed by atoms with van der Waals surface area (Å²) in [7, 11) is 0. The Bertz CT molecular complexity index is 1030. The molecule has 0 N–H and O–H groups in total. The van der Waals surface area contributed by atoms with Crippen LogP contribution in [0.1, 0.15) is 69.4 Å². The Morgan fingerprint density at radius 3 is 1.74 bits per heavy atom. The molecule has 1 fully saturated rings. The lowest BCUT2D eigenvalue weighted by Crippen LogP contribution is -2.26. The normalized spacial score (nSPS) is 18.5. The van der Waals surface area contributed by atoms with E-state index in [2.05, 4.69) is 16.4 Å². The summed E-state index contributed by atoms with van der Waals surface area (Å²) in [5.74, 6) is -7.56. The molecule has 0 saturated heterocycles. The molecular weight excluding hydrogens is 527 g/mol. The molecule has 0 bridgehead atoms. The zero-order chi connectivity index (χ0) is 28.1. The van der Waals surface area contributed by atoms with E-state index in [1.165, 1.54) is 6.42 Å². The van der Waals surface area contributed by atoms with Gasteiger partial charge >= 0.3 is 12.5 Å². The average Bonchev–Trinajstić information content (AvgIpc) is 2.80. The first-order valence-electron chi connectivity index (χ1n) is 12.5. The van der Waals surface area contributed by atoms with Crippen molar-refractivity contribution in [1.29, 1.82) is 0 Å². The summed E-state index contributed by atoms with van der Waals surface area (Å²) < 4.78 is 129. The van der Waals surface area contributed by atoms with Crippen LogP contribution in [0.15, 0.2) is 24.3 Å². The minimum atomic E-state index is -5.41. The van der Waals surface area contributed by atoms with E-state index in [0.717, 1.165) is 56.6 Å². The largest absolute Gasteiger partial charge is 0.573 e. The molecule has 1 aliphatic carbocycles. The summed E-state index contributed by atoms with van der Waals surface area (Å²) in [6.07, 6.45) is -3.53. The Balaban J connectivity index is 1.57. The number of hydrogen-bond donors (Lipinski definition) is 0. The molecule has 212 valence electrons. The third kappa shape index (κ3) is 8.73. The molecule has 2 aromatic carbocycles. The fraction of sp³-hybridized carbons (Fsp3) is 0.556. The van der Waals surface area contributed by atoms with Gasteiger partial charge in [-0.25, -0.2) is 17.6 Å². The van der Waals surface area contributed by atoms with Crippen molar-refractivity contribution in [3.8, 4) is 11.5 Å². The van der Waals surface area contributed by atoms with Gasteiger partial charge in [0.2, 0.25) is 5.75 Å². The van der Waals surface area contributed by atoms with E-state index in [1.54, 1.807) is 0 Å². The summed E-state index contributed by atoms with van der Waals surface area (Å²) in [4.78, 5) is 0. The first-order chi connectivity index (χ1) is 17.8. The molecule has 38 heavy (non-hydrogen) atoms. The number of rotatable bonds is 11. The summed E-state index contributed by atoms with van der Waals surface area (Å²) in [6.45, 7) is 2.16. The monoisotopic (exact) mass is 556 g/mol. The highest BCUT2D eigenvalue weighted by molar-refractivity contribution is 5.35. The number of alkyl halides is 5. The van der Waals surface area contributed by atoms with E-state index in [4.69, 9.17) is 0 Å². The van der Waals surface area contributed by atoms with Gasteiger partial charge in [-0.15, -0.1) is 13.2 Å². The zero-order valence-corrected chi connectivity index (χ0v) is 20.8. The van der Waals surface area contributed by atoms with Crippen molar-refractivity contribution in [3.63, 3.8) is 0 Å². The number of ether oxygens (including phenoxy) is 2. The number of benzene rings is 2. The van der Waals surface area contributed by atoms with Gasteiger partial charge in [0.05, 0.1) is 6.42 Å². The smallest absolute Gasteiger partial charge is 0.432 e. The second-order valence-corrected chi connectivity index (χ2v) is 9.76. The van der Waals surface area contributed by atoms with Gasteiger partial charge in [-0.2, -0.15) is 8.78 Å². The van der Waals surface area contributed by atoms with E-state index < -0.39 is 65.6 Å². The van der Waals surface area contributed by atoms with E-state index in [0.29, 0.717) is 17.9 Å². The first kappa shape index (κ1) is 30.0. The lowest BCUT2D eigenvalue weighted by atomic mass is 9.78. The topological polar surface area (TPSA) is 18.5 Å². The predicted molar refractivity (Wildman–Crippen MR) is 122 cm³/mol. The van der Waals surface area contributed by atoms with Crippen molar-refractivity contribution in [3.05, 3.63) is 58.7 Å². The standard InChI is InChI=1S/C27H29F9O2/c1-2-3-16-4-6-17(7-5-16)8-9-18-12-21(28)20(22(29)13-18)10-11-26(32,33)37-19-14-23(30)25(24(31)15-19)38-27(34,35)36/h12-17H,2-11H2,1H3. The number of aryl methyl sites for hydroxylation is 1. The van der Waals surface area contributed by atoms with E-state index >= 15 is 0 Å². The molecular formula is C27H29F9O2. The minimum absolute atomic E-state index is 0.0876. The van der Waals surface area contributed by atoms with Crippen LogP contribution in [0.3, 0.4) is 0 Å². The van der Waals surface area contributed by atoms with Crippen molar-refractivity contribution < 1.29 is 49.0 Å². The molecule has 1 saturated carbocycles. The maximum atomic E-state index is 14.6. The van der Waals surface area contributed by atoms with Gasteiger partial charge < -0.3 is 9.47 Å². The van der Waals surface area contributed by atoms with E-state index in [1.807, 2.05) is 0 Å². The predicted octanol–water partition coefficient (Wildman–Crippen LogP) is 9.29. The van der Waals surface area contributed by atoms with Gasteiger partial charge in [-0.05, 0) is 48.8 Å². The van der Waals surface area contributed by atoms with Crippen LogP contribution in [0.25, 0.3) is 0 Å². The van der Waals surface area contributed by atoms with E-state index in [-0.39, 0.29) is 12.1 Å². The highest BCUT2D eigenvalue weighted by Crippen LogP contribution is 2.36.